The number of nitrogens with one attached hydrogen (secondary N) is 2. The molecular formula is C10H12BrF3N2. The third kappa shape index (κ3) is 3.68. The van der Waals surface area contributed by atoms with Gasteiger partial charge in [-0.3, -0.25) is 0 Å². The predicted molar refractivity (Wildman–Crippen MR) is 61.6 cm³/mol. The number of hydrogen-bond acceptors (Lipinski definition) is 2. The number of hydrogen-bond donors (Lipinski definition) is 2. The van der Waals surface area contributed by atoms with Gasteiger partial charge in [0.25, 0.3) is 0 Å². The highest BCUT2D eigenvalue weighted by Gasteiger charge is 2.33. The molecule has 0 atom stereocenters. The first-order chi connectivity index (χ1) is 7.45. The van der Waals surface area contributed by atoms with Crippen LogP contribution in [0.3, 0.4) is 0 Å². The second kappa shape index (κ2) is 5.54. The molecule has 0 heterocycles. The molecule has 16 heavy (non-hydrogen) atoms. The summed E-state index contributed by atoms with van der Waals surface area (Å²) < 4.78 is 38.5. The van der Waals surface area contributed by atoms with Crippen LogP contribution in [-0.4, -0.2) is 20.1 Å². The SMILES string of the molecule is CNCCNc1cc(Br)ccc1C(F)(F)F. The fourth-order valence-electron chi connectivity index (χ4n) is 1.23. The molecule has 0 saturated carbocycles. The molecule has 0 aliphatic carbocycles. The maximum atomic E-state index is 12.6. The van der Waals surface area contributed by atoms with Crippen LogP contribution in [0, 0.1) is 0 Å². The number of halogens is 4. The minimum absolute atomic E-state index is 0.0946. The Morgan fingerprint density at radius 2 is 1.94 bits per heavy atom. The number of likely N-dealkylation sites (N-methyl/N-ethyl adjacent to an activating group) is 1. The number of rotatable bonds is 4. The van der Waals surface area contributed by atoms with Crippen molar-refractivity contribution in [2.75, 3.05) is 25.5 Å². The zero-order chi connectivity index (χ0) is 12.2. The summed E-state index contributed by atoms with van der Waals surface area (Å²) in [6.07, 6.45) is -4.33. The van der Waals surface area contributed by atoms with Gasteiger partial charge in [-0.15, -0.1) is 0 Å². The molecule has 0 aliphatic rings. The van der Waals surface area contributed by atoms with Crippen LogP contribution in [0.4, 0.5) is 18.9 Å². The topological polar surface area (TPSA) is 24.1 Å². The molecule has 6 heteroatoms. The summed E-state index contributed by atoms with van der Waals surface area (Å²) in [7, 11) is 1.74. The second-order valence-corrected chi connectivity index (χ2v) is 4.13. The van der Waals surface area contributed by atoms with Crippen molar-refractivity contribution in [1.82, 2.24) is 5.32 Å². The van der Waals surface area contributed by atoms with Crippen molar-refractivity contribution in [3.05, 3.63) is 28.2 Å². The van der Waals surface area contributed by atoms with E-state index in [0.29, 0.717) is 17.6 Å². The first kappa shape index (κ1) is 13.3. The van der Waals surface area contributed by atoms with Crippen LogP contribution in [0.25, 0.3) is 0 Å². The van der Waals surface area contributed by atoms with Crippen LogP contribution in [0.1, 0.15) is 5.56 Å². The average molecular weight is 297 g/mol. The first-order valence-corrected chi connectivity index (χ1v) is 5.49. The minimum atomic E-state index is -4.33. The number of benzene rings is 1. The van der Waals surface area contributed by atoms with E-state index in [9.17, 15) is 13.2 Å². The third-order valence-corrected chi connectivity index (χ3v) is 2.47. The summed E-state index contributed by atoms with van der Waals surface area (Å²) in [6.45, 7) is 1.04. The Bertz CT molecular complexity index is 352. The van der Waals surface area contributed by atoms with E-state index in [2.05, 4.69) is 26.6 Å². The molecule has 0 saturated heterocycles. The zero-order valence-electron chi connectivity index (χ0n) is 8.66. The summed E-state index contributed by atoms with van der Waals surface area (Å²) in [5.74, 6) is 0. The zero-order valence-corrected chi connectivity index (χ0v) is 10.2. The lowest BCUT2D eigenvalue weighted by Crippen LogP contribution is -2.19. The van der Waals surface area contributed by atoms with Gasteiger partial charge in [0.05, 0.1) is 5.56 Å². The van der Waals surface area contributed by atoms with Crippen molar-refractivity contribution in [1.29, 1.82) is 0 Å². The van der Waals surface area contributed by atoms with E-state index in [4.69, 9.17) is 0 Å². The van der Waals surface area contributed by atoms with Crippen molar-refractivity contribution in [2.45, 2.75) is 6.18 Å². The Hall–Kier alpha value is -0.750. The average Bonchev–Trinajstić information content (AvgIpc) is 2.16. The van der Waals surface area contributed by atoms with Gasteiger partial charge in [0.2, 0.25) is 0 Å². The number of alkyl halides is 3. The molecule has 1 aromatic carbocycles. The van der Waals surface area contributed by atoms with Gasteiger partial charge in [0.1, 0.15) is 0 Å². The maximum absolute atomic E-state index is 12.6. The molecule has 1 aromatic rings. The monoisotopic (exact) mass is 296 g/mol. The fourth-order valence-corrected chi connectivity index (χ4v) is 1.59. The predicted octanol–water partition coefficient (Wildman–Crippen LogP) is 3.10. The lowest BCUT2D eigenvalue weighted by Gasteiger charge is -2.14. The van der Waals surface area contributed by atoms with E-state index in [1.165, 1.54) is 12.1 Å². The lowest BCUT2D eigenvalue weighted by molar-refractivity contribution is -0.136. The Kier molecular flexibility index (Phi) is 4.61. The van der Waals surface area contributed by atoms with Gasteiger partial charge in [-0.1, -0.05) is 15.9 Å². The Morgan fingerprint density at radius 1 is 1.25 bits per heavy atom. The molecular weight excluding hydrogens is 285 g/mol. The summed E-state index contributed by atoms with van der Waals surface area (Å²) in [6, 6.07) is 3.87. The van der Waals surface area contributed by atoms with E-state index < -0.39 is 11.7 Å². The van der Waals surface area contributed by atoms with Gasteiger partial charge >= 0.3 is 6.18 Å². The number of anilines is 1. The van der Waals surface area contributed by atoms with Crippen LogP contribution in [-0.2, 0) is 6.18 Å². The molecule has 1 rings (SSSR count). The molecule has 2 nitrogen and oxygen atoms in total. The van der Waals surface area contributed by atoms with Crippen LogP contribution < -0.4 is 10.6 Å². The minimum Gasteiger partial charge on any atom is -0.383 e. The third-order valence-electron chi connectivity index (χ3n) is 1.98. The molecule has 2 N–H and O–H groups in total. The molecule has 0 spiro atoms. The summed E-state index contributed by atoms with van der Waals surface area (Å²) >= 11 is 3.15. The summed E-state index contributed by atoms with van der Waals surface area (Å²) in [5, 5.41) is 5.60. The smallest absolute Gasteiger partial charge is 0.383 e. The van der Waals surface area contributed by atoms with Gasteiger partial charge < -0.3 is 10.6 Å². The highest BCUT2D eigenvalue weighted by Crippen LogP contribution is 2.36. The molecule has 0 fully saturated rings. The van der Waals surface area contributed by atoms with Crippen LogP contribution in [0.5, 0.6) is 0 Å². The highest BCUT2D eigenvalue weighted by atomic mass is 79.9. The molecule has 0 aliphatic heterocycles. The van der Waals surface area contributed by atoms with Crippen molar-refractivity contribution >= 4 is 21.6 Å². The van der Waals surface area contributed by atoms with Crippen molar-refractivity contribution in [3.63, 3.8) is 0 Å². The van der Waals surface area contributed by atoms with E-state index in [0.717, 1.165) is 6.07 Å². The second-order valence-electron chi connectivity index (χ2n) is 3.22. The molecule has 0 bridgehead atoms. The summed E-state index contributed by atoms with van der Waals surface area (Å²) in [5.41, 5.74) is -0.552. The standard InChI is InChI=1S/C10H12BrF3N2/c1-15-4-5-16-9-6-7(11)2-3-8(9)10(12,13)14/h2-3,6,15-16H,4-5H2,1H3. The molecule has 90 valence electrons. The van der Waals surface area contributed by atoms with Crippen LogP contribution in [0.2, 0.25) is 0 Å². The maximum Gasteiger partial charge on any atom is 0.418 e. The van der Waals surface area contributed by atoms with Gasteiger partial charge in [-0.05, 0) is 25.2 Å². The molecule has 0 unspecified atom stereocenters. The van der Waals surface area contributed by atoms with Crippen LogP contribution in [0.15, 0.2) is 22.7 Å². The Labute approximate surface area is 100 Å². The lowest BCUT2D eigenvalue weighted by atomic mass is 10.1. The fraction of sp³-hybridized carbons (Fsp3) is 0.400. The van der Waals surface area contributed by atoms with Gasteiger partial charge in [0, 0.05) is 23.2 Å². The van der Waals surface area contributed by atoms with Gasteiger partial charge in [-0.2, -0.15) is 13.2 Å². The van der Waals surface area contributed by atoms with Crippen molar-refractivity contribution in [2.24, 2.45) is 0 Å². The molecule has 0 aromatic heterocycles. The van der Waals surface area contributed by atoms with Crippen molar-refractivity contribution in [3.8, 4) is 0 Å². The van der Waals surface area contributed by atoms with Gasteiger partial charge in [0.15, 0.2) is 0 Å². The van der Waals surface area contributed by atoms with E-state index in [1.54, 1.807) is 7.05 Å². The van der Waals surface area contributed by atoms with E-state index in [-0.39, 0.29) is 5.69 Å². The largest absolute Gasteiger partial charge is 0.418 e. The van der Waals surface area contributed by atoms with Crippen LogP contribution >= 0.6 is 15.9 Å². The highest BCUT2D eigenvalue weighted by molar-refractivity contribution is 9.10. The normalized spacial score (nSPS) is 11.6. The molecule has 0 radical (unpaired) electrons. The quantitative estimate of drug-likeness (QED) is 0.835. The van der Waals surface area contributed by atoms with Crippen molar-refractivity contribution < 1.29 is 13.2 Å². The Balaban J connectivity index is 2.90. The summed E-state index contributed by atoms with van der Waals surface area (Å²) in [4.78, 5) is 0. The van der Waals surface area contributed by atoms with E-state index in [1.807, 2.05) is 0 Å². The van der Waals surface area contributed by atoms with Gasteiger partial charge in [-0.25, -0.2) is 0 Å². The molecule has 0 amide bonds. The first-order valence-electron chi connectivity index (χ1n) is 4.70. The van der Waals surface area contributed by atoms with E-state index >= 15 is 0 Å². The Morgan fingerprint density at radius 3 is 2.50 bits per heavy atom.